The highest BCUT2D eigenvalue weighted by Gasteiger charge is 2.18. The standard InChI is InChI=1S/C18H13Cl2FN2O3S/c19-13-1-6-16(20)17(10-13)27(24,25)23-11-12-7-8-22-18(9-12)26-15-4-2-14(21)3-5-15/h1-10,23H,11H2. The molecule has 5 nitrogen and oxygen atoms in total. The molecule has 1 heterocycles. The molecule has 0 bridgehead atoms. The van der Waals surface area contributed by atoms with E-state index < -0.39 is 10.0 Å². The van der Waals surface area contributed by atoms with E-state index in [0.717, 1.165) is 0 Å². The summed E-state index contributed by atoms with van der Waals surface area (Å²) in [6.07, 6.45) is 1.48. The van der Waals surface area contributed by atoms with Crippen LogP contribution >= 0.6 is 23.2 Å². The van der Waals surface area contributed by atoms with Gasteiger partial charge in [0.15, 0.2) is 0 Å². The fourth-order valence-electron chi connectivity index (χ4n) is 2.18. The van der Waals surface area contributed by atoms with E-state index in [9.17, 15) is 12.8 Å². The van der Waals surface area contributed by atoms with Crippen molar-refractivity contribution in [3.63, 3.8) is 0 Å². The van der Waals surface area contributed by atoms with Crippen molar-refractivity contribution in [3.8, 4) is 11.6 Å². The van der Waals surface area contributed by atoms with Gasteiger partial charge in [0.1, 0.15) is 16.5 Å². The number of hydrogen-bond donors (Lipinski definition) is 1. The van der Waals surface area contributed by atoms with E-state index in [1.165, 1.54) is 48.7 Å². The van der Waals surface area contributed by atoms with Crippen molar-refractivity contribution in [2.45, 2.75) is 11.4 Å². The van der Waals surface area contributed by atoms with Crippen LogP contribution in [0, 0.1) is 5.82 Å². The smallest absolute Gasteiger partial charge is 0.242 e. The predicted octanol–water partition coefficient (Wildman–Crippen LogP) is 4.80. The molecule has 0 amide bonds. The quantitative estimate of drug-likeness (QED) is 0.614. The molecular formula is C18H13Cl2FN2O3S. The maximum atomic E-state index is 12.9. The minimum Gasteiger partial charge on any atom is -0.439 e. The van der Waals surface area contributed by atoms with Crippen molar-refractivity contribution in [1.82, 2.24) is 9.71 Å². The van der Waals surface area contributed by atoms with Gasteiger partial charge in [-0.1, -0.05) is 23.2 Å². The molecule has 0 spiro atoms. The second-order valence-electron chi connectivity index (χ2n) is 5.46. The second-order valence-corrected chi connectivity index (χ2v) is 8.04. The van der Waals surface area contributed by atoms with Gasteiger partial charge in [0.2, 0.25) is 15.9 Å². The van der Waals surface area contributed by atoms with E-state index in [1.807, 2.05) is 0 Å². The summed E-state index contributed by atoms with van der Waals surface area (Å²) >= 11 is 11.8. The van der Waals surface area contributed by atoms with Crippen molar-refractivity contribution in [1.29, 1.82) is 0 Å². The van der Waals surface area contributed by atoms with Crippen LogP contribution in [-0.4, -0.2) is 13.4 Å². The molecule has 0 saturated heterocycles. The van der Waals surface area contributed by atoms with Crippen molar-refractivity contribution >= 4 is 33.2 Å². The maximum absolute atomic E-state index is 12.9. The highest BCUT2D eigenvalue weighted by Crippen LogP contribution is 2.25. The lowest BCUT2D eigenvalue weighted by Crippen LogP contribution is -2.23. The fraction of sp³-hybridized carbons (Fsp3) is 0.0556. The largest absolute Gasteiger partial charge is 0.439 e. The molecule has 0 radical (unpaired) electrons. The van der Waals surface area contributed by atoms with Crippen LogP contribution in [0.25, 0.3) is 0 Å². The van der Waals surface area contributed by atoms with E-state index >= 15 is 0 Å². The molecular weight excluding hydrogens is 414 g/mol. The summed E-state index contributed by atoms with van der Waals surface area (Å²) < 4.78 is 45.8. The first-order chi connectivity index (χ1) is 12.8. The highest BCUT2D eigenvalue weighted by atomic mass is 35.5. The molecule has 1 N–H and O–H groups in total. The minimum absolute atomic E-state index is 0.00647. The van der Waals surface area contributed by atoms with Crippen molar-refractivity contribution in [2.75, 3.05) is 0 Å². The third-order valence-electron chi connectivity index (χ3n) is 3.48. The normalized spacial score (nSPS) is 11.4. The Kier molecular flexibility index (Phi) is 5.96. The molecule has 140 valence electrons. The summed E-state index contributed by atoms with van der Waals surface area (Å²) in [4.78, 5) is 3.95. The summed E-state index contributed by atoms with van der Waals surface area (Å²) in [5.41, 5.74) is 0.615. The van der Waals surface area contributed by atoms with Crippen molar-refractivity contribution < 1.29 is 17.5 Å². The Hall–Kier alpha value is -2.19. The molecule has 0 atom stereocenters. The monoisotopic (exact) mass is 426 g/mol. The number of nitrogens with one attached hydrogen (secondary N) is 1. The third kappa shape index (κ3) is 5.17. The lowest BCUT2D eigenvalue weighted by molar-refractivity contribution is 0.460. The number of benzene rings is 2. The number of nitrogens with zero attached hydrogens (tertiary/aromatic N) is 1. The second kappa shape index (κ2) is 8.22. The van der Waals surface area contributed by atoms with Crippen LogP contribution in [0.3, 0.4) is 0 Å². The SMILES string of the molecule is O=S(=O)(NCc1ccnc(Oc2ccc(F)cc2)c1)c1cc(Cl)ccc1Cl. The van der Waals surface area contributed by atoms with E-state index in [2.05, 4.69) is 9.71 Å². The Morgan fingerprint density at radius 2 is 1.78 bits per heavy atom. The van der Waals surface area contributed by atoms with Gasteiger partial charge < -0.3 is 4.74 Å². The van der Waals surface area contributed by atoms with Gasteiger partial charge >= 0.3 is 0 Å². The highest BCUT2D eigenvalue weighted by molar-refractivity contribution is 7.89. The first-order valence-electron chi connectivity index (χ1n) is 7.66. The molecule has 0 saturated carbocycles. The molecule has 27 heavy (non-hydrogen) atoms. The Morgan fingerprint density at radius 1 is 1.04 bits per heavy atom. The van der Waals surface area contributed by atoms with Gasteiger partial charge in [0, 0.05) is 23.8 Å². The van der Waals surface area contributed by atoms with Crippen LogP contribution in [0.1, 0.15) is 5.56 Å². The molecule has 2 aromatic carbocycles. The predicted molar refractivity (Wildman–Crippen MR) is 101 cm³/mol. The molecule has 0 aliphatic heterocycles. The van der Waals surface area contributed by atoms with Crippen LogP contribution < -0.4 is 9.46 Å². The van der Waals surface area contributed by atoms with Gasteiger partial charge in [-0.05, 0) is 54.1 Å². The van der Waals surface area contributed by atoms with Gasteiger partial charge in [-0.3, -0.25) is 0 Å². The number of hydrogen-bond acceptors (Lipinski definition) is 4. The van der Waals surface area contributed by atoms with E-state index in [4.69, 9.17) is 27.9 Å². The average Bonchev–Trinajstić information content (AvgIpc) is 2.64. The Balaban J connectivity index is 1.72. The van der Waals surface area contributed by atoms with Gasteiger partial charge in [0.25, 0.3) is 0 Å². The Morgan fingerprint density at radius 3 is 2.52 bits per heavy atom. The van der Waals surface area contributed by atoms with E-state index in [1.54, 1.807) is 12.1 Å². The maximum Gasteiger partial charge on any atom is 0.242 e. The molecule has 3 rings (SSSR count). The number of ether oxygens (including phenoxy) is 1. The first kappa shape index (κ1) is 19.6. The number of sulfonamides is 1. The molecule has 9 heteroatoms. The Labute approximate surface area is 165 Å². The number of pyridine rings is 1. The fourth-order valence-corrected chi connectivity index (χ4v) is 3.96. The van der Waals surface area contributed by atoms with Crippen LogP contribution in [0.15, 0.2) is 65.7 Å². The lowest BCUT2D eigenvalue weighted by Gasteiger charge is -2.10. The average molecular weight is 427 g/mol. The summed E-state index contributed by atoms with van der Waals surface area (Å²) in [5.74, 6) is 0.282. The molecule has 1 aromatic heterocycles. The van der Waals surface area contributed by atoms with Crippen LogP contribution in [-0.2, 0) is 16.6 Å². The van der Waals surface area contributed by atoms with Gasteiger partial charge in [-0.15, -0.1) is 0 Å². The van der Waals surface area contributed by atoms with E-state index in [0.29, 0.717) is 11.3 Å². The van der Waals surface area contributed by atoms with Crippen LogP contribution in [0.5, 0.6) is 11.6 Å². The number of rotatable bonds is 6. The lowest BCUT2D eigenvalue weighted by atomic mass is 10.3. The minimum atomic E-state index is -3.86. The van der Waals surface area contributed by atoms with Gasteiger partial charge in [0.05, 0.1) is 5.02 Å². The number of halogens is 3. The molecule has 0 aliphatic rings. The molecule has 0 unspecified atom stereocenters. The molecule has 0 aliphatic carbocycles. The van der Waals surface area contributed by atoms with Crippen LogP contribution in [0.2, 0.25) is 10.0 Å². The third-order valence-corrected chi connectivity index (χ3v) is 5.60. The summed E-state index contributed by atoms with van der Waals surface area (Å²) in [6.45, 7) is -0.00647. The van der Waals surface area contributed by atoms with Crippen molar-refractivity contribution in [3.05, 3.63) is 82.2 Å². The number of aromatic nitrogens is 1. The zero-order valence-corrected chi connectivity index (χ0v) is 16.0. The van der Waals surface area contributed by atoms with Crippen molar-refractivity contribution in [2.24, 2.45) is 0 Å². The first-order valence-corrected chi connectivity index (χ1v) is 9.90. The van der Waals surface area contributed by atoms with E-state index in [-0.39, 0.29) is 33.2 Å². The Bertz CT molecular complexity index is 1060. The zero-order valence-electron chi connectivity index (χ0n) is 13.7. The zero-order chi connectivity index (χ0) is 19.4. The summed E-state index contributed by atoms with van der Waals surface area (Å²) in [6, 6.07) is 12.9. The van der Waals surface area contributed by atoms with Crippen LogP contribution in [0.4, 0.5) is 4.39 Å². The van der Waals surface area contributed by atoms with Gasteiger partial charge in [-0.2, -0.15) is 0 Å². The topological polar surface area (TPSA) is 68.3 Å². The van der Waals surface area contributed by atoms with Gasteiger partial charge in [-0.25, -0.2) is 22.5 Å². The summed E-state index contributed by atoms with van der Waals surface area (Å²) in [7, 11) is -3.86. The molecule has 0 fully saturated rings. The summed E-state index contributed by atoms with van der Waals surface area (Å²) in [5, 5.41) is 0.334. The molecule has 3 aromatic rings.